The third-order valence-electron chi connectivity index (χ3n) is 4.56. The molecule has 6 heteroatoms. The topological polar surface area (TPSA) is 100 Å². The van der Waals surface area contributed by atoms with Crippen molar-refractivity contribution in [1.29, 1.82) is 10.5 Å². The summed E-state index contributed by atoms with van der Waals surface area (Å²) in [5.74, 6) is -1.40. The molecule has 6 nitrogen and oxygen atoms in total. The molecule has 0 fully saturated rings. The fourth-order valence-corrected chi connectivity index (χ4v) is 2.94. The Morgan fingerprint density at radius 3 is 1.72 bits per heavy atom. The van der Waals surface area contributed by atoms with Gasteiger partial charge in [0.05, 0.1) is 18.7 Å². The van der Waals surface area contributed by atoms with Gasteiger partial charge in [0.2, 0.25) is 0 Å². The molecular formula is C23H38N2O4. The van der Waals surface area contributed by atoms with Crippen molar-refractivity contribution in [3.05, 3.63) is 0 Å². The first-order valence-electron chi connectivity index (χ1n) is 10.5. The van der Waals surface area contributed by atoms with Crippen molar-refractivity contribution in [1.82, 2.24) is 0 Å². The molecule has 0 amide bonds. The highest BCUT2D eigenvalue weighted by Gasteiger charge is 2.49. The Bertz CT molecular complexity index is 582. The smallest absolute Gasteiger partial charge is 0.324 e. The van der Waals surface area contributed by atoms with Crippen molar-refractivity contribution < 1.29 is 19.1 Å². The van der Waals surface area contributed by atoms with Gasteiger partial charge in [-0.2, -0.15) is 10.5 Å². The third-order valence-corrected chi connectivity index (χ3v) is 4.56. The number of hydrogen-bond acceptors (Lipinski definition) is 6. The van der Waals surface area contributed by atoms with Gasteiger partial charge in [0.1, 0.15) is 5.60 Å². The predicted molar refractivity (Wildman–Crippen MR) is 111 cm³/mol. The first-order chi connectivity index (χ1) is 13.4. The first kappa shape index (κ1) is 26.9. The van der Waals surface area contributed by atoms with Gasteiger partial charge in [-0.25, -0.2) is 0 Å². The van der Waals surface area contributed by atoms with Gasteiger partial charge < -0.3 is 9.47 Å². The first-order valence-corrected chi connectivity index (χ1v) is 10.5. The summed E-state index contributed by atoms with van der Waals surface area (Å²) in [6, 6.07) is 3.95. The molecule has 0 atom stereocenters. The van der Waals surface area contributed by atoms with Gasteiger partial charge in [-0.05, 0) is 51.9 Å². The summed E-state index contributed by atoms with van der Waals surface area (Å²) in [6.07, 6.45) is 5.00. The quantitative estimate of drug-likeness (QED) is 0.242. The second-order valence-electron chi connectivity index (χ2n) is 9.76. The second-order valence-corrected chi connectivity index (χ2v) is 9.76. The lowest BCUT2D eigenvalue weighted by Gasteiger charge is -2.31. The number of nitrogens with zero attached hydrogens (tertiary/aromatic N) is 2. The van der Waals surface area contributed by atoms with E-state index in [4.69, 9.17) is 20.0 Å². The van der Waals surface area contributed by atoms with Crippen LogP contribution in [0.5, 0.6) is 0 Å². The van der Waals surface area contributed by atoms with E-state index in [0.717, 1.165) is 32.1 Å². The zero-order valence-electron chi connectivity index (χ0n) is 19.1. The Morgan fingerprint density at radius 2 is 1.28 bits per heavy atom. The standard InChI is InChI=1S/C23H38N2O4/c1-21(2,3)13-9-7-8-10-18-28-19(26)23(14-11-16-24,15-12-17-25)20(27)29-22(4,5)6/h7-15,18H2,1-6H3. The molecule has 164 valence electrons. The molecule has 0 bridgehead atoms. The van der Waals surface area contributed by atoms with Crippen LogP contribution in [-0.2, 0) is 19.1 Å². The minimum absolute atomic E-state index is 0.00652. The van der Waals surface area contributed by atoms with Gasteiger partial charge in [-0.15, -0.1) is 0 Å². The number of carbonyl (C=O) groups is 2. The number of ether oxygens (including phenoxy) is 2. The number of hydrogen-bond donors (Lipinski definition) is 0. The average Bonchev–Trinajstić information content (AvgIpc) is 2.58. The Hall–Kier alpha value is -2.08. The molecule has 0 heterocycles. The Kier molecular flexibility index (Phi) is 11.6. The van der Waals surface area contributed by atoms with Crippen LogP contribution in [0.4, 0.5) is 0 Å². The molecule has 0 N–H and O–H groups in total. The van der Waals surface area contributed by atoms with E-state index in [1.165, 1.54) is 0 Å². The van der Waals surface area contributed by atoms with E-state index in [1.807, 2.05) is 12.1 Å². The molecule has 0 radical (unpaired) electrons. The van der Waals surface area contributed by atoms with Crippen LogP contribution in [0, 0.1) is 33.5 Å². The van der Waals surface area contributed by atoms with Crippen molar-refractivity contribution in [3.63, 3.8) is 0 Å². The van der Waals surface area contributed by atoms with Crippen LogP contribution in [0.1, 0.15) is 99.3 Å². The maximum Gasteiger partial charge on any atom is 0.324 e. The van der Waals surface area contributed by atoms with Crippen molar-refractivity contribution >= 4 is 11.9 Å². The van der Waals surface area contributed by atoms with Crippen LogP contribution >= 0.6 is 0 Å². The van der Waals surface area contributed by atoms with Crippen LogP contribution in [0.25, 0.3) is 0 Å². The highest BCUT2D eigenvalue weighted by Crippen LogP contribution is 2.35. The minimum Gasteiger partial charge on any atom is -0.465 e. The fraction of sp³-hybridized carbons (Fsp3) is 0.826. The normalized spacial score (nSPS) is 12.0. The molecule has 0 aromatic carbocycles. The Morgan fingerprint density at radius 1 is 0.759 bits per heavy atom. The molecule has 0 saturated heterocycles. The number of esters is 2. The summed E-state index contributed by atoms with van der Waals surface area (Å²) in [5.41, 5.74) is -2.07. The van der Waals surface area contributed by atoms with Crippen molar-refractivity contribution in [2.75, 3.05) is 6.61 Å². The summed E-state index contributed by atoms with van der Waals surface area (Å²) in [4.78, 5) is 25.7. The monoisotopic (exact) mass is 406 g/mol. The Labute approximate surface area is 176 Å². The fourth-order valence-electron chi connectivity index (χ4n) is 2.94. The van der Waals surface area contributed by atoms with Gasteiger partial charge >= 0.3 is 11.9 Å². The van der Waals surface area contributed by atoms with Crippen molar-refractivity contribution in [2.24, 2.45) is 10.8 Å². The van der Waals surface area contributed by atoms with Gasteiger partial charge in [-0.1, -0.05) is 40.0 Å². The van der Waals surface area contributed by atoms with Gasteiger partial charge in [0.15, 0.2) is 5.41 Å². The zero-order chi connectivity index (χ0) is 22.6. The van der Waals surface area contributed by atoms with Crippen molar-refractivity contribution in [3.8, 4) is 12.1 Å². The summed E-state index contributed by atoms with van der Waals surface area (Å²) in [7, 11) is 0. The van der Waals surface area contributed by atoms with Crippen molar-refractivity contribution in [2.45, 2.75) is 105 Å². The highest BCUT2D eigenvalue weighted by atomic mass is 16.6. The van der Waals surface area contributed by atoms with Gasteiger partial charge in [0, 0.05) is 12.8 Å². The van der Waals surface area contributed by atoms with E-state index in [9.17, 15) is 9.59 Å². The van der Waals surface area contributed by atoms with Crippen LogP contribution in [-0.4, -0.2) is 24.1 Å². The lowest BCUT2D eigenvalue weighted by molar-refractivity contribution is -0.181. The zero-order valence-corrected chi connectivity index (χ0v) is 19.1. The average molecular weight is 407 g/mol. The molecule has 0 saturated carbocycles. The summed E-state index contributed by atoms with van der Waals surface area (Å²) in [6.45, 7) is 12.0. The second kappa shape index (κ2) is 12.5. The molecule has 0 aromatic heterocycles. The molecule has 0 unspecified atom stereocenters. The maximum atomic E-state index is 12.9. The number of carbonyl (C=O) groups excluding carboxylic acids is 2. The number of unbranched alkanes of at least 4 members (excludes halogenated alkanes) is 3. The predicted octanol–water partition coefficient (Wildman–Crippen LogP) is 5.46. The van der Waals surface area contributed by atoms with E-state index in [-0.39, 0.29) is 32.3 Å². The van der Waals surface area contributed by atoms with E-state index in [1.54, 1.807) is 20.8 Å². The van der Waals surface area contributed by atoms with E-state index >= 15 is 0 Å². The van der Waals surface area contributed by atoms with Gasteiger partial charge in [-0.3, -0.25) is 9.59 Å². The lowest BCUT2D eigenvalue weighted by atomic mass is 9.79. The van der Waals surface area contributed by atoms with Crippen LogP contribution in [0.3, 0.4) is 0 Å². The van der Waals surface area contributed by atoms with Gasteiger partial charge in [0.25, 0.3) is 0 Å². The molecule has 0 rings (SSSR count). The molecule has 0 spiro atoms. The van der Waals surface area contributed by atoms with Crippen LogP contribution < -0.4 is 0 Å². The SMILES string of the molecule is CC(C)(C)CCCCCCOC(=O)C(CCC#N)(CCC#N)C(=O)OC(C)(C)C. The highest BCUT2D eigenvalue weighted by molar-refractivity contribution is 6.00. The summed E-state index contributed by atoms with van der Waals surface area (Å²) in [5, 5.41) is 18.0. The molecule has 29 heavy (non-hydrogen) atoms. The van der Waals surface area contributed by atoms with E-state index in [2.05, 4.69) is 20.8 Å². The maximum absolute atomic E-state index is 12.9. The molecule has 0 aromatic rings. The number of rotatable bonds is 12. The minimum atomic E-state index is -1.61. The lowest BCUT2D eigenvalue weighted by Crippen LogP contribution is -2.45. The molecular weight excluding hydrogens is 368 g/mol. The van der Waals surface area contributed by atoms with E-state index in [0.29, 0.717) is 5.41 Å². The molecule has 0 aliphatic heterocycles. The molecule has 0 aliphatic rings. The molecule has 0 aliphatic carbocycles. The third kappa shape index (κ3) is 11.5. The largest absolute Gasteiger partial charge is 0.465 e. The Balaban J connectivity index is 4.97. The van der Waals surface area contributed by atoms with E-state index < -0.39 is 23.0 Å². The summed E-state index contributed by atoms with van der Waals surface area (Å²) < 4.78 is 10.9. The van der Waals surface area contributed by atoms with Crippen LogP contribution in [0.2, 0.25) is 0 Å². The van der Waals surface area contributed by atoms with Crippen LogP contribution in [0.15, 0.2) is 0 Å². The number of nitriles is 2. The summed E-state index contributed by atoms with van der Waals surface area (Å²) >= 11 is 0.